The maximum absolute atomic E-state index is 12.5. The van der Waals surface area contributed by atoms with E-state index in [4.69, 9.17) is 33.2 Å². The number of hydrogen-bond donors (Lipinski definition) is 11. The molecule has 0 aromatic heterocycles. The number of carbonyl (C=O) groups excluding carboxylic acids is 1. The number of hydrogen-bond acceptors (Lipinski definition) is 20. The van der Waals surface area contributed by atoms with Crippen molar-refractivity contribution in [2.75, 3.05) is 19.0 Å². The summed E-state index contributed by atoms with van der Waals surface area (Å²) in [6.45, 7) is 2.34. The van der Waals surface area contributed by atoms with Crippen LogP contribution < -0.4 is 5.32 Å². The molecule has 0 radical (unpaired) electrons. The lowest BCUT2D eigenvalue weighted by atomic mass is 9.95. The molecule has 4 heterocycles. The van der Waals surface area contributed by atoms with E-state index in [1.165, 1.54) is 13.8 Å². The largest absolute Gasteiger partial charge is 0.394 e. The molecular formula is C28H46N2O18S. The van der Waals surface area contributed by atoms with E-state index in [-0.39, 0.29) is 5.75 Å². The van der Waals surface area contributed by atoms with E-state index in [9.17, 15) is 61.1 Å². The molecule has 10 unspecified atom stereocenters. The van der Waals surface area contributed by atoms with Gasteiger partial charge in [-0.05, 0) is 13.8 Å². The van der Waals surface area contributed by atoms with Crippen LogP contribution in [0.1, 0.15) is 20.8 Å². The molecule has 20 nitrogen and oxygen atoms in total. The van der Waals surface area contributed by atoms with Gasteiger partial charge in [0.15, 0.2) is 18.9 Å². The standard InChI is InChI=1S/C28H46N2O18S/c1-8-14(34)17(37)20(40)25(42-8)46-22-12(7-32)45-28(49-5-4-29)13(30-10(3)33)23(22)47-27-24(19(39)16(36)11(6-31)44-27)48-26-21(41)18(38)15(35)9(2)43-26/h8-9,11-28,31-32,34-41H,5-7H2,1-3H3,(H,30,33)/t8?,9?,11?,12-,13?,14+,15+,16-,17-,18?,19?,20?,21?,22+,23?,24?,25-,26-,27-,28-/m0/s1. The molecule has 21 heteroatoms. The van der Waals surface area contributed by atoms with Crippen LogP contribution in [0, 0.1) is 11.3 Å². The highest BCUT2D eigenvalue weighted by atomic mass is 32.2. The summed E-state index contributed by atoms with van der Waals surface area (Å²) in [6.07, 6.45) is -28.9. The molecule has 0 aromatic carbocycles. The van der Waals surface area contributed by atoms with Crippen molar-refractivity contribution in [3.8, 4) is 6.07 Å². The Morgan fingerprint density at radius 3 is 1.67 bits per heavy atom. The van der Waals surface area contributed by atoms with Gasteiger partial charge in [0.2, 0.25) is 5.91 Å². The summed E-state index contributed by atoms with van der Waals surface area (Å²) in [5.74, 6) is -0.774. The number of aliphatic hydroxyl groups excluding tert-OH is 10. The second-order valence-corrected chi connectivity index (χ2v) is 13.4. The Labute approximate surface area is 285 Å². The fourth-order valence-electron chi connectivity index (χ4n) is 6.05. The molecule has 0 bridgehead atoms. The predicted molar refractivity (Wildman–Crippen MR) is 159 cm³/mol. The molecule has 0 spiro atoms. The number of aliphatic hydroxyl groups is 10. The number of amides is 1. The molecule has 11 N–H and O–H groups in total. The Hall–Kier alpha value is -1.37. The molecule has 4 aliphatic heterocycles. The molecule has 4 rings (SSSR count). The van der Waals surface area contributed by atoms with Crippen LogP contribution in [0.2, 0.25) is 0 Å². The zero-order valence-electron chi connectivity index (χ0n) is 26.8. The molecule has 4 aliphatic rings. The summed E-state index contributed by atoms with van der Waals surface area (Å²) >= 11 is 0.914. The van der Waals surface area contributed by atoms with Gasteiger partial charge in [-0.25, -0.2) is 0 Å². The molecular weight excluding hydrogens is 684 g/mol. The van der Waals surface area contributed by atoms with Gasteiger partial charge in [-0.1, -0.05) is 0 Å². The predicted octanol–water partition coefficient (Wildman–Crippen LogP) is -6.29. The van der Waals surface area contributed by atoms with Crippen LogP contribution in [-0.2, 0) is 38.0 Å². The number of nitrogens with zero attached hydrogens (tertiary/aromatic N) is 1. The van der Waals surface area contributed by atoms with Crippen molar-refractivity contribution in [3.63, 3.8) is 0 Å². The minimum atomic E-state index is -1.91. The third kappa shape index (κ3) is 8.82. The Balaban J connectivity index is 1.74. The second-order valence-electron chi connectivity index (χ2n) is 12.3. The highest BCUT2D eigenvalue weighted by Gasteiger charge is 2.56. The van der Waals surface area contributed by atoms with Gasteiger partial charge < -0.3 is 89.5 Å². The van der Waals surface area contributed by atoms with Gasteiger partial charge in [0.25, 0.3) is 0 Å². The van der Waals surface area contributed by atoms with E-state index in [0.717, 1.165) is 18.7 Å². The van der Waals surface area contributed by atoms with Gasteiger partial charge in [-0.2, -0.15) is 5.26 Å². The number of nitriles is 1. The van der Waals surface area contributed by atoms with E-state index in [1.807, 2.05) is 6.07 Å². The maximum atomic E-state index is 12.5. The number of rotatable bonds is 11. The van der Waals surface area contributed by atoms with E-state index < -0.39 is 141 Å². The minimum Gasteiger partial charge on any atom is -0.394 e. The first-order valence-electron chi connectivity index (χ1n) is 15.6. The Bertz CT molecular complexity index is 1120. The van der Waals surface area contributed by atoms with Crippen LogP contribution in [0.15, 0.2) is 0 Å². The fourth-order valence-corrected chi connectivity index (χ4v) is 6.94. The van der Waals surface area contributed by atoms with Gasteiger partial charge >= 0.3 is 0 Å². The first-order valence-corrected chi connectivity index (χ1v) is 16.7. The number of nitrogens with one attached hydrogen (secondary N) is 1. The highest BCUT2D eigenvalue weighted by molar-refractivity contribution is 8.00. The van der Waals surface area contributed by atoms with Crippen molar-refractivity contribution in [2.24, 2.45) is 0 Å². The third-order valence-corrected chi connectivity index (χ3v) is 9.85. The number of ether oxygens (including phenoxy) is 7. The van der Waals surface area contributed by atoms with Crippen molar-refractivity contribution >= 4 is 17.7 Å². The third-order valence-electron chi connectivity index (χ3n) is 8.82. The van der Waals surface area contributed by atoms with Crippen LogP contribution in [0.3, 0.4) is 0 Å². The molecule has 20 atom stereocenters. The van der Waals surface area contributed by atoms with Crippen molar-refractivity contribution in [1.82, 2.24) is 5.32 Å². The molecule has 0 aromatic rings. The average Bonchev–Trinajstić information content (AvgIpc) is 3.07. The topological polar surface area (TPSA) is 320 Å². The zero-order valence-corrected chi connectivity index (χ0v) is 27.6. The van der Waals surface area contributed by atoms with Crippen molar-refractivity contribution in [1.29, 1.82) is 5.26 Å². The zero-order chi connectivity index (χ0) is 36.3. The summed E-state index contributed by atoms with van der Waals surface area (Å²) in [4.78, 5) is 12.5. The highest BCUT2D eigenvalue weighted by Crippen LogP contribution is 2.37. The lowest BCUT2D eigenvalue weighted by molar-refractivity contribution is -0.383. The van der Waals surface area contributed by atoms with Crippen LogP contribution in [-0.4, -0.2) is 198 Å². The molecule has 282 valence electrons. The van der Waals surface area contributed by atoms with Crippen LogP contribution in [0.25, 0.3) is 0 Å². The molecule has 4 saturated heterocycles. The molecule has 0 saturated carbocycles. The lowest BCUT2D eigenvalue weighted by Gasteiger charge is -2.51. The average molecular weight is 731 g/mol. The van der Waals surface area contributed by atoms with Gasteiger partial charge in [0.05, 0.1) is 43.3 Å². The summed E-state index contributed by atoms with van der Waals surface area (Å²) in [7, 11) is 0. The van der Waals surface area contributed by atoms with Crippen molar-refractivity contribution < 1.29 is 89.0 Å². The van der Waals surface area contributed by atoms with Gasteiger partial charge in [0.1, 0.15) is 84.8 Å². The van der Waals surface area contributed by atoms with Gasteiger partial charge in [-0.15, -0.1) is 11.8 Å². The van der Waals surface area contributed by atoms with Crippen molar-refractivity contribution in [3.05, 3.63) is 0 Å². The Morgan fingerprint density at radius 1 is 0.673 bits per heavy atom. The number of thioether (sulfide) groups is 1. The quantitative estimate of drug-likeness (QED) is 0.0942. The van der Waals surface area contributed by atoms with Gasteiger partial charge in [-0.3, -0.25) is 4.79 Å². The summed E-state index contributed by atoms with van der Waals surface area (Å²) < 4.78 is 41.0. The lowest BCUT2D eigenvalue weighted by Crippen LogP contribution is -2.69. The molecule has 1 amide bonds. The van der Waals surface area contributed by atoms with Gasteiger partial charge in [0, 0.05) is 6.92 Å². The molecule has 0 aliphatic carbocycles. The Kier molecular flexibility index (Phi) is 14.4. The number of carbonyl (C=O) groups is 1. The Morgan fingerprint density at radius 2 is 1.18 bits per heavy atom. The SMILES string of the molecule is CC(=O)NC1C(O[C@@H]2OC(CO)[C@H](O)C(O)C2O[C@@H]2OC(C)[C@@H](O)C(O)C2O)[C@H](O[C@@H]2OC(C)[C@@H](O)[C@H](O)C2O)[C@H](CO)O[C@H]1SCC#N. The fraction of sp³-hybridized carbons (Fsp3) is 0.929. The normalized spacial score (nSPS) is 49.2. The van der Waals surface area contributed by atoms with Crippen LogP contribution in [0.4, 0.5) is 0 Å². The molecule has 49 heavy (non-hydrogen) atoms. The van der Waals surface area contributed by atoms with Crippen LogP contribution in [0.5, 0.6) is 0 Å². The van der Waals surface area contributed by atoms with E-state index >= 15 is 0 Å². The monoisotopic (exact) mass is 730 g/mol. The first-order chi connectivity index (χ1) is 23.1. The van der Waals surface area contributed by atoms with E-state index in [2.05, 4.69) is 5.32 Å². The minimum absolute atomic E-state index is 0.157. The first kappa shape index (κ1) is 40.4. The summed E-state index contributed by atoms with van der Waals surface area (Å²) in [5.41, 5.74) is -1.11. The smallest absolute Gasteiger partial charge is 0.217 e. The van der Waals surface area contributed by atoms with Crippen LogP contribution >= 0.6 is 11.8 Å². The van der Waals surface area contributed by atoms with E-state index in [1.54, 1.807) is 0 Å². The molecule has 4 fully saturated rings. The maximum Gasteiger partial charge on any atom is 0.217 e. The summed E-state index contributed by atoms with van der Waals surface area (Å²) in [6, 6.07) is 0.670. The van der Waals surface area contributed by atoms with E-state index in [0.29, 0.717) is 0 Å². The van der Waals surface area contributed by atoms with Crippen molar-refractivity contribution in [2.45, 2.75) is 143 Å². The summed E-state index contributed by atoms with van der Waals surface area (Å²) in [5, 5.41) is 116. The second kappa shape index (κ2) is 17.4.